The zero-order valence-electron chi connectivity index (χ0n) is 23.3. The molecule has 214 valence electrons. The molecule has 1 heterocycles. The molecule has 0 saturated carbocycles. The molecule has 9 heteroatoms. The Bertz CT molecular complexity index is 2020. The average molecular weight is 577 g/mol. The number of hydrogen-bond acceptors (Lipinski definition) is 4. The number of hydrogen-bond donors (Lipinski definition) is 2. The number of halogens is 2. The Hall–Kier alpha value is -5.44. The third-order valence-corrected chi connectivity index (χ3v) is 7.68. The highest BCUT2D eigenvalue weighted by Gasteiger charge is 2.24. The Labute approximate surface area is 245 Å². The van der Waals surface area contributed by atoms with Crippen molar-refractivity contribution in [2.75, 3.05) is 0 Å². The van der Waals surface area contributed by atoms with E-state index in [1.54, 1.807) is 29.8 Å². The Kier molecular flexibility index (Phi) is 7.15. The average Bonchev–Trinajstić information content (AvgIpc) is 3.45. The summed E-state index contributed by atoms with van der Waals surface area (Å²) in [6.45, 7) is 3.72. The van der Waals surface area contributed by atoms with Crippen molar-refractivity contribution in [2.45, 2.75) is 25.9 Å². The number of amides is 1. The third-order valence-electron chi connectivity index (χ3n) is 7.68. The summed E-state index contributed by atoms with van der Waals surface area (Å²) >= 11 is 0. The number of carbonyl (C=O) groups is 2. The first-order valence-corrected chi connectivity index (χ1v) is 13.7. The molecule has 2 N–H and O–H groups in total. The minimum atomic E-state index is -1.05. The number of nitrogens with zero attached hydrogens (tertiary/aromatic N) is 3. The van der Waals surface area contributed by atoms with Crippen molar-refractivity contribution in [1.82, 2.24) is 20.3 Å². The van der Waals surface area contributed by atoms with Crippen molar-refractivity contribution >= 4 is 33.7 Å². The molecule has 0 radical (unpaired) electrons. The highest BCUT2D eigenvalue weighted by molar-refractivity contribution is 6.07. The van der Waals surface area contributed by atoms with Gasteiger partial charge in [-0.15, -0.1) is 5.10 Å². The predicted molar refractivity (Wildman–Crippen MR) is 160 cm³/mol. The molecule has 5 aromatic carbocycles. The fourth-order valence-corrected chi connectivity index (χ4v) is 5.28. The second-order valence-corrected chi connectivity index (χ2v) is 10.5. The Morgan fingerprint density at radius 3 is 2.30 bits per heavy atom. The molecule has 0 fully saturated rings. The Morgan fingerprint density at radius 1 is 0.837 bits per heavy atom. The lowest BCUT2D eigenvalue weighted by Crippen LogP contribution is -2.27. The highest BCUT2D eigenvalue weighted by Crippen LogP contribution is 2.32. The number of aromatic carboxylic acids is 1. The van der Waals surface area contributed by atoms with Crippen molar-refractivity contribution in [3.8, 4) is 11.1 Å². The lowest BCUT2D eigenvalue weighted by Gasteiger charge is -2.18. The molecular formula is C34H26F2N4O3. The van der Waals surface area contributed by atoms with Crippen molar-refractivity contribution < 1.29 is 23.5 Å². The van der Waals surface area contributed by atoms with Crippen LogP contribution < -0.4 is 5.32 Å². The summed E-state index contributed by atoms with van der Waals surface area (Å²) in [4.78, 5) is 25.2. The molecule has 0 bridgehead atoms. The van der Waals surface area contributed by atoms with Crippen LogP contribution in [0.5, 0.6) is 0 Å². The van der Waals surface area contributed by atoms with Gasteiger partial charge in [0, 0.05) is 5.56 Å². The monoisotopic (exact) mass is 576 g/mol. The Morgan fingerprint density at radius 2 is 1.56 bits per heavy atom. The van der Waals surface area contributed by atoms with Gasteiger partial charge in [0.15, 0.2) is 0 Å². The quantitative estimate of drug-likeness (QED) is 0.207. The molecule has 0 saturated heterocycles. The lowest BCUT2D eigenvalue weighted by atomic mass is 9.99. The summed E-state index contributed by atoms with van der Waals surface area (Å²) in [6.07, 6.45) is 0. The van der Waals surface area contributed by atoms with E-state index in [9.17, 15) is 23.5 Å². The smallest absolute Gasteiger partial charge is 0.335 e. The van der Waals surface area contributed by atoms with Crippen LogP contribution >= 0.6 is 0 Å². The molecule has 1 aromatic heterocycles. The molecule has 43 heavy (non-hydrogen) atoms. The van der Waals surface area contributed by atoms with Crippen LogP contribution in [0.1, 0.15) is 57.8 Å². The number of carboxylic acid groups (broad SMARTS) is 1. The number of fused-ring (bicyclic) bond motifs is 2. The zero-order chi connectivity index (χ0) is 30.2. The first-order chi connectivity index (χ1) is 20.7. The summed E-state index contributed by atoms with van der Waals surface area (Å²) in [5.41, 5.74) is 3.00. The second-order valence-electron chi connectivity index (χ2n) is 10.5. The highest BCUT2D eigenvalue weighted by atomic mass is 19.1. The van der Waals surface area contributed by atoms with E-state index >= 15 is 0 Å². The SMILES string of the molecule is C[C@H](NC(=O)c1cc(-c2cc(F)ccc2F)cc2nnn([C@H](C)c3ccc4ccccc4c3)c12)c1ccc(C(=O)O)cc1. The van der Waals surface area contributed by atoms with Gasteiger partial charge in [0.25, 0.3) is 5.91 Å². The summed E-state index contributed by atoms with van der Waals surface area (Å²) in [7, 11) is 0. The fraction of sp³-hybridized carbons (Fsp3) is 0.118. The van der Waals surface area contributed by atoms with Gasteiger partial charge in [0.05, 0.1) is 23.2 Å². The van der Waals surface area contributed by atoms with E-state index in [0.29, 0.717) is 16.6 Å². The predicted octanol–water partition coefficient (Wildman–Crippen LogP) is 7.33. The Balaban J connectivity index is 1.45. The van der Waals surface area contributed by atoms with Gasteiger partial charge in [-0.2, -0.15) is 0 Å². The van der Waals surface area contributed by atoms with Crippen molar-refractivity contribution in [2.24, 2.45) is 0 Å². The summed E-state index contributed by atoms with van der Waals surface area (Å²) in [6, 6.07) is 25.7. The molecule has 0 unspecified atom stereocenters. The zero-order valence-corrected chi connectivity index (χ0v) is 23.3. The van der Waals surface area contributed by atoms with Gasteiger partial charge in [0.1, 0.15) is 22.7 Å². The number of rotatable bonds is 7. The summed E-state index contributed by atoms with van der Waals surface area (Å²) < 4.78 is 30.6. The standard InChI is InChI=1S/C34H26F2N4O3/c1-19(21-7-10-23(11-8-21)34(42)43)37-33(41)29-16-26(28-18-27(35)13-14-30(28)36)17-31-32(29)40(39-38-31)20(2)24-12-9-22-5-3-4-6-25(22)15-24/h3-20H,1-2H3,(H,37,41)(H,42,43)/t19-,20+/m0/s1. The van der Waals surface area contributed by atoms with Gasteiger partial charge >= 0.3 is 5.97 Å². The van der Waals surface area contributed by atoms with E-state index in [-0.39, 0.29) is 28.3 Å². The van der Waals surface area contributed by atoms with Crippen LogP contribution in [0.4, 0.5) is 8.78 Å². The second kappa shape index (κ2) is 11.1. The van der Waals surface area contributed by atoms with Crippen LogP contribution in [0, 0.1) is 11.6 Å². The first kappa shape index (κ1) is 27.7. The number of nitrogens with one attached hydrogen (secondary N) is 1. The fourth-order valence-electron chi connectivity index (χ4n) is 5.28. The van der Waals surface area contributed by atoms with Crippen LogP contribution in [0.15, 0.2) is 97.1 Å². The van der Waals surface area contributed by atoms with Crippen LogP contribution in [-0.2, 0) is 0 Å². The third kappa shape index (κ3) is 5.32. The van der Waals surface area contributed by atoms with Gasteiger partial charge in [-0.05, 0) is 89.8 Å². The largest absolute Gasteiger partial charge is 0.478 e. The molecule has 6 aromatic rings. The number of carbonyl (C=O) groups excluding carboxylic acids is 1. The summed E-state index contributed by atoms with van der Waals surface area (Å²) in [5.74, 6) is -2.79. The number of benzene rings is 5. The molecule has 1 amide bonds. The van der Waals surface area contributed by atoms with Crippen LogP contribution in [-0.4, -0.2) is 32.0 Å². The molecule has 0 aliphatic rings. The minimum Gasteiger partial charge on any atom is -0.478 e. The van der Waals surface area contributed by atoms with E-state index in [2.05, 4.69) is 21.7 Å². The molecule has 2 atom stereocenters. The van der Waals surface area contributed by atoms with E-state index in [0.717, 1.165) is 34.5 Å². The van der Waals surface area contributed by atoms with Crippen LogP contribution in [0.25, 0.3) is 32.9 Å². The summed E-state index contributed by atoms with van der Waals surface area (Å²) in [5, 5.41) is 23.0. The normalized spacial score (nSPS) is 12.7. The van der Waals surface area contributed by atoms with Crippen molar-refractivity contribution in [3.63, 3.8) is 0 Å². The van der Waals surface area contributed by atoms with Gasteiger partial charge < -0.3 is 10.4 Å². The van der Waals surface area contributed by atoms with E-state index in [1.165, 1.54) is 18.2 Å². The molecule has 6 rings (SSSR count). The molecular weight excluding hydrogens is 550 g/mol. The van der Waals surface area contributed by atoms with E-state index in [1.807, 2.05) is 43.3 Å². The van der Waals surface area contributed by atoms with Gasteiger partial charge in [-0.1, -0.05) is 53.7 Å². The van der Waals surface area contributed by atoms with Crippen molar-refractivity contribution in [1.29, 1.82) is 0 Å². The maximum Gasteiger partial charge on any atom is 0.335 e. The molecule has 0 aliphatic carbocycles. The molecule has 0 aliphatic heterocycles. The number of carboxylic acids is 1. The topological polar surface area (TPSA) is 97.1 Å². The maximum atomic E-state index is 14.8. The van der Waals surface area contributed by atoms with E-state index in [4.69, 9.17) is 0 Å². The number of aromatic nitrogens is 3. The van der Waals surface area contributed by atoms with Gasteiger partial charge in [-0.25, -0.2) is 18.3 Å². The lowest BCUT2D eigenvalue weighted by molar-refractivity contribution is 0.0696. The van der Waals surface area contributed by atoms with Gasteiger partial charge in [0.2, 0.25) is 0 Å². The van der Waals surface area contributed by atoms with E-state index < -0.39 is 29.6 Å². The van der Waals surface area contributed by atoms with Crippen LogP contribution in [0.2, 0.25) is 0 Å². The maximum absolute atomic E-state index is 14.8. The van der Waals surface area contributed by atoms with Gasteiger partial charge in [-0.3, -0.25) is 4.79 Å². The van der Waals surface area contributed by atoms with Crippen LogP contribution in [0.3, 0.4) is 0 Å². The molecule has 0 spiro atoms. The first-order valence-electron chi connectivity index (χ1n) is 13.7. The van der Waals surface area contributed by atoms with Crippen molar-refractivity contribution in [3.05, 3.63) is 131 Å². The molecule has 7 nitrogen and oxygen atoms in total. The minimum absolute atomic E-state index is 0.00890.